The first kappa shape index (κ1) is 13.8. The van der Waals surface area contributed by atoms with Crippen molar-refractivity contribution in [2.45, 2.75) is 38.5 Å². The number of hydrogen-bond donors (Lipinski definition) is 1. The predicted molar refractivity (Wildman–Crippen MR) is 80.4 cm³/mol. The molecule has 19 heavy (non-hydrogen) atoms. The Balaban J connectivity index is 1.25. The van der Waals surface area contributed by atoms with Crippen LogP contribution in [0.25, 0.3) is 0 Å². The van der Waals surface area contributed by atoms with E-state index >= 15 is 0 Å². The molecule has 0 bridgehead atoms. The van der Waals surface area contributed by atoms with E-state index in [4.69, 9.17) is 0 Å². The minimum Gasteiger partial charge on any atom is -0.317 e. The van der Waals surface area contributed by atoms with Crippen LogP contribution >= 0.6 is 0 Å². The first-order valence-corrected chi connectivity index (χ1v) is 8.55. The van der Waals surface area contributed by atoms with Gasteiger partial charge < -0.3 is 15.1 Å². The van der Waals surface area contributed by atoms with Gasteiger partial charge in [0.15, 0.2) is 0 Å². The molecule has 3 fully saturated rings. The van der Waals surface area contributed by atoms with Crippen molar-refractivity contribution in [2.24, 2.45) is 11.8 Å². The first-order valence-electron chi connectivity index (χ1n) is 8.55. The molecule has 3 rings (SSSR count). The van der Waals surface area contributed by atoms with Gasteiger partial charge in [0.05, 0.1) is 0 Å². The number of nitrogens with zero attached hydrogens (tertiary/aromatic N) is 2. The summed E-state index contributed by atoms with van der Waals surface area (Å²) in [6, 6.07) is 0. The van der Waals surface area contributed by atoms with Gasteiger partial charge in [-0.15, -0.1) is 0 Å². The second-order valence-electron chi connectivity index (χ2n) is 6.92. The Bertz CT molecular complexity index is 251. The van der Waals surface area contributed by atoms with Gasteiger partial charge in [-0.05, 0) is 70.0 Å². The van der Waals surface area contributed by atoms with E-state index in [9.17, 15) is 0 Å². The summed E-state index contributed by atoms with van der Waals surface area (Å²) in [5.41, 5.74) is 0. The average molecular weight is 265 g/mol. The molecule has 3 aliphatic rings. The zero-order valence-corrected chi connectivity index (χ0v) is 12.4. The van der Waals surface area contributed by atoms with E-state index < -0.39 is 0 Å². The minimum absolute atomic E-state index is 1.01. The summed E-state index contributed by atoms with van der Waals surface area (Å²) < 4.78 is 0. The molecule has 2 aliphatic heterocycles. The second-order valence-corrected chi connectivity index (χ2v) is 6.92. The van der Waals surface area contributed by atoms with Crippen molar-refractivity contribution in [1.29, 1.82) is 0 Å². The van der Waals surface area contributed by atoms with E-state index in [0.29, 0.717) is 0 Å². The van der Waals surface area contributed by atoms with Crippen LogP contribution < -0.4 is 5.32 Å². The van der Waals surface area contributed by atoms with Gasteiger partial charge in [0, 0.05) is 32.7 Å². The third kappa shape index (κ3) is 4.73. The molecule has 0 atom stereocenters. The largest absolute Gasteiger partial charge is 0.317 e. The van der Waals surface area contributed by atoms with Crippen LogP contribution in [0.1, 0.15) is 38.5 Å². The predicted octanol–water partition coefficient (Wildman–Crippen LogP) is 1.79. The monoisotopic (exact) mass is 265 g/mol. The van der Waals surface area contributed by atoms with Gasteiger partial charge in [-0.1, -0.05) is 0 Å². The van der Waals surface area contributed by atoms with E-state index in [-0.39, 0.29) is 0 Å². The van der Waals surface area contributed by atoms with Gasteiger partial charge in [0.1, 0.15) is 0 Å². The molecule has 0 spiro atoms. The van der Waals surface area contributed by atoms with Crippen LogP contribution in [0.15, 0.2) is 0 Å². The van der Waals surface area contributed by atoms with Crippen molar-refractivity contribution in [3.05, 3.63) is 0 Å². The average Bonchev–Trinajstić information content (AvgIpc) is 3.26. The molecule has 110 valence electrons. The number of piperazine rings is 1. The fourth-order valence-corrected chi connectivity index (χ4v) is 3.64. The van der Waals surface area contributed by atoms with Crippen LogP contribution in [0.4, 0.5) is 0 Å². The van der Waals surface area contributed by atoms with Crippen molar-refractivity contribution >= 4 is 0 Å². The van der Waals surface area contributed by atoms with Crippen LogP contribution in [0.5, 0.6) is 0 Å². The molecule has 0 aromatic rings. The van der Waals surface area contributed by atoms with Gasteiger partial charge in [0.2, 0.25) is 0 Å². The molecule has 0 radical (unpaired) electrons. The van der Waals surface area contributed by atoms with E-state index in [0.717, 1.165) is 11.8 Å². The zero-order chi connectivity index (χ0) is 12.9. The summed E-state index contributed by atoms with van der Waals surface area (Å²) in [5.74, 6) is 2.07. The molecular weight excluding hydrogens is 234 g/mol. The van der Waals surface area contributed by atoms with Crippen LogP contribution in [-0.4, -0.2) is 62.2 Å². The molecule has 1 N–H and O–H groups in total. The highest BCUT2D eigenvalue weighted by Gasteiger charge is 2.26. The highest BCUT2D eigenvalue weighted by molar-refractivity contribution is 4.80. The summed E-state index contributed by atoms with van der Waals surface area (Å²) in [6.45, 7) is 10.5. The zero-order valence-electron chi connectivity index (χ0n) is 12.4. The fraction of sp³-hybridized carbons (Fsp3) is 1.00. The quantitative estimate of drug-likeness (QED) is 0.790. The van der Waals surface area contributed by atoms with Crippen molar-refractivity contribution in [1.82, 2.24) is 15.1 Å². The van der Waals surface area contributed by atoms with Crippen LogP contribution in [0, 0.1) is 11.8 Å². The number of piperidine rings is 1. The lowest BCUT2D eigenvalue weighted by Crippen LogP contribution is -2.47. The summed E-state index contributed by atoms with van der Waals surface area (Å²) >= 11 is 0. The topological polar surface area (TPSA) is 18.5 Å². The van der Waals surface area contributed by atoms with Crippen LogP contribution in [-0.2, 0) is 0 Å². The summed E-state index contributed by atoms with van der Waals surface area (Å²) in [6.07, 6.45) is 8.70. The summed E-state index contributed by atoms with van der Waals surface area (Å²) in [4.78, 5) is 5.39. The smallest absolute Gasteiger partial charge is 0.0110 e. The van der Waals surface area contributed by atoms with Gasteiger partial charge in [-0.25, -0.2) is 0 Å². The summed E-state index contributed by atoms with van der Waals surface area (Å²) in [7, 11) is 0. The van der Waals surface area contributed by atoms with E-state index in [2.05, 4.69) is 15.1 Å². The van der Waals surface area contributed by atoms with E-state index in [1.54, 1.807) is 0 Å². The van der Waals surface area contributed by atoms with Crippen LogP contribution in [0.2, 0.25) is 0 Å². The molecule has 1 aliphatic carbocycles. The third-order valence-corrected chi connectivity index (χ3v) is 5.22. The molecule has 2 saturated heterocycles. The Kier molecular flexibility index (Phi) is 5.14. The Morgan fingerprint density at radius 1 is 0.789 bits per heavy atom. The lowest BCUT2D eigenvalue weighted by Gasteiger charge is -2.35. The van der Waals surface area contributed by atoms with Gasteiger partial charge in [-0.3, -0.25) is 0 Å². The fourth-order valence-electron chi connectivity index (χ4n) is 3.64. The second kappa shape index (κ2) is 7.05. The molecule has 0 aromatic heterocycles. The normalized spacial score (nSPS) is 27.8. The Morgan fingerprint density at radius 3 is 2.16 bits per heavy atom. The third-order valence-electron chi connectivity index (χ3n) is 5.22. The van der Waals surface area contributed by atoms with Crippen molar-refractivity contribution in [3.8, 4) is 0 Å². The maximum Gasteiger partial charge on any atom is 0.0110 e. The summed E-state index contributed by atoms with van der Waals surface area (Å²) in [5, 5.41) is 3.46. The molecule has 0 unspecified atom stereocenters. The highest BCUT2D eigenvalue weighted by Crippen LogP contribution is 2.29. The van der Waals surface area contributed by atoms with Crippen molar-refractivity contribution < 1.29 is 0 Å². The lowest BCUT2D eigenvalue weighted by atomic mass is 9.93. The molecule has 0 aromatic carbocycles. The van der Waals surface area contributed by atoms with Gasteiger partial charge in [-0.2, -0.15) is 0 Å². The Labute approximate surface area is 118 Å². The van der Waals surface area contributed by atoms with Crippen LogP contribution in [0.3, 0.4) is 0 Å². The van der Waals surface area contributed by atoms with Gasteiger partial charge >= 0.3 is 0 Å². The van der Waals surface area contributed by atoms with Crippen molar-refractivity contribution in [2.75, 3.05) is 52.4 Å². The molecule has 0 amide bonds. The van der Waals surface area contributed by atoms with E-state index in [1.165, 1.54) is 90.9 Å². The lowest BCUT2D eigenvalue weighted by molar-refractivity contribution is 0.125. The Hall–Kier alpha value is -0.120. The Morgan fingerprint density at radius 2 is 1.47 bits per heavy atom. The maximum absolute atomic E-state index is 3.46. The number of hydrogen-bond acceptors (Lipinski definition) is 3. The van der Waals surface area contributed by atoms with Crippen molar-refractivity contribution in [3.63, 3.8) is 0 Å². The molecule has 1 saturated carbocycles. The number of rotatable bonds is 6. The van der Waals surface area contributed by atoms with Gasteiger partial charge in [0.25, 0.3) is 0 Å². The standard InChI is InChI=1S/C16H31N3/c1(2-15-5-7-17-8-6-15)9-18-10-12-19(13-11-18)14-16-3-4-16/h15-17H,1-14H2. The maximum atomic E-state index is 3.46. The molecule has 3 heteroatoms. The molecular formula is C16H31N3. The number of nitrogens with one attached hydrogen (secondary N) is 1. The minimum atomic E-state index is 1.01. The highest BCUT2D eigenvalue weighted by atomic mass is 15.3. The molecule has 3 nitrogen and oxygen atoms in total. The SMILES string of the molecule is C(CC1CCNCC1)CN1CCN(CC2CC2)CC1. The first-order chi connectivity index (χ1) is 9.40. The van der Waals surface area contributed by atoms with E-state index in [1.807, 2.05) is 0 Å². The molecule has 2 heterocycles.